The van der Waals surface area contributed by atoms with Crippen molar-refractivity contribution in [2.45, 2.75) is 55.3 Å². The summed E-state index contributed by atoms with van der Waals surface area (Å²) in [5.74, 6) is -1.15. The highest BCUT2D eigenvalue weighted by Crippen LogP contribution is 2.43. The third-order valence-electron chi connectivity index (χ3n) is 7.47. The van der Waals surface area contributed by atoms with Gasteiger partial charge in [0, 0.05) is 50.6 Å². The summed E-state index contributed by atoms with van der Waals surface area (Å²) in [4.78, 5) is 26.9. The maximum atomic E-state index is 14.0. The van der Waals surface area contributed by atoms with Crippen molar-refractivity contribution < 1.29 is 37.3 Å². The molecule has 0 unspecified atom stereocenters. The van der Waals surface area contributed by atoms with Crippen LogP contribution in [0, 0.1) is 11.3 Å². The molecule has 0 atom stereocenters. The van der Waals surface area contributed by atoms with Crippen LogP contribution in [0.2, 0.25) is 0 Å². The van der Waals surface area contributed by atoms with E-state index in [0.717, 1.165) is 6.20 Å². The van der Waals surface area contributed by atoms with Crippen molar-refractivity contribution >= 4 is 33.1 Å². The molecule has 2 N–H and O–H groups in total. The van der Waals surface area contributed by atoms with Crippen LogP contribution in [0.15, 0.2) is 52.8 Å². The van der Waals surface area contributed by atoms with Gasteiger partial charge in [0.15, 0.2) is 16.8 Å². The van der Waals surface area contributed by atoms with Gasteiger partial charge in [-0.15, -0.1) is 0 Å². The topological polar surface area (TPSA) is 190 Å². The van der Waals surface area contributed by atoms with Crippen LogP contribution in [0.5, 0.6) is 5.75 Å². The Morgan fingerprint density at radius 2 is 1.89 bits per heavy atom. The first kappa shape index (κ1) is 33.2. The molecule has 47 heavy (non-hydrogen) atoms. The van der Waals surface area contributed by atoms with Crippen molar-refractivity contribution in [3.8, 4) is 22.9 Å². The molecule has 0 saturated carbocycles. The molecule has 5 rings (SSSR count). The number of ether oxygens (including phenoxy) is 3. The summed E-state index contributed by atoms with van der Waals surface area (Å²) in [6.45, 7) is 5.74. The lowest BCUT2D eigenvalue weighted by Gasteiger charge is -2.35. The number of nitrogens with zero attached hydrogens (tertiary/aromatic N) is 6. The molecule has 1 aliphatic heterocycles. The Labute approximate surface area is 271 Å². The van der Waals surface area contributed by atoms with Gasteiger partial charge in [-0.25, -0.2) is 22.5 Å². The Balaban J connectivity index is 1.71. The highest BCUT2D eigenvalue weighted by molar-refractivity contribution is 7.91. The fraction of sp³-hybridized carbons (Fsp3) is 0.387. The van der Waals surface area contributed by atoms with Crippen molar-refractivity contribution in [2.75, 3.05) is 31.9 Å². The lowest BCUT2D eigenvalue weighted by molar-refractivity contribution is 0.0496. The first-order valence-electron chi connectivity index (χ1n) is 14.7. The number of piperidine rings is 1. The molecule has 3 aromatic heterocycles. The minimum atomic E-state index is -4.28. The molecule has 0 aliphatic carbocycles. The fourth-order valence-electron chi connectivity index (χ4n) is 5.47. The molecule has 0 spiro atoms. The number of alkyl carbamates (subject to hydrolysis) is 1. The van der Waals surface area contributed by atoms with Gasteiger partial charge in [-0.1, -0.05) is 12.1 Å². The van der Waals surface area contributed by atoms with Crippen LogP contribution < -0.4 is 15.0 Å². The number of carboxylic acid groups (broad SMARTS) is 1. The number of hydrogen-bond donors (Lipinski definition) is 2. The van der Waals surface area contributed by atoms with Crippen LogP contribution in [0.4, 0.5) is 10.5 Å². The largest absolute Gasteiger partial charge is 0.478 e. The predicted octanol–water partition coefficient (Wildman–Crippen LogP) is 3.61. The van der Waals surface area contributed by atoms with Crippen molar-refractivity contribution in [1.82, 2.24) is 24.7 Å². The van der Waals surface area contributed by atoms with Crippen LogP contribution in [0.1, 0.15) is 49.5 Å². The number of aromatic carboxylic acids is 1. The molecular formula is C31H35N7O8S. The highest BCUT2D eigenvalue weighted by Gasteiger charge is 2.34. The van der Waals surface area contributed by atoms with Crippen molar-refractivity contribution in [3.05, 3.63) is 53.9 Å². The van der Waals surface area contributed by atoms with Gasteiger partial charge in [0.05, 0.1) is 23.0 Å². The number of aryl methyl sites for hydroxylation is 1. The van der Waals surface area contributed by atoms with Crippen molar-refractivity contribution in [1.29, 1.82) is 5.26 Å². The maximum Gasteiger partial charge on any atom is 0.407 e. The van der Waals surface area contributed by atoms with Crippen LogP contribution in [0.25, 0.3) is 16.6 Å². The number of carboxylic acids is 1. The van der Waals surface area contributed by atoms with Crippen molar-refractivity contribution in [2.24, 2.45) is 7.05 Å². The monoisotopic (exact) mass is 665 g/mol. The van der Waals surface area contributed by atoms with Gasteiger partial charge in [0.25, 0.3) is 0 Å². The number of amides is 1. The van der Waals surface area contributed by atoms with Gasteiger partial charge in [0.2, 0.25) is 9.84 Å². The Morgan fingerprint density at radius 3 is 2.49 bits per heavy atom. The number of nitriles is 1. The summed E-state index contributed by atoms with van der Waals surface area (Å²) < 4.78 is 46.9. The van der Waals surface area contributed by atoms with E-state index in [2.05, 4.69) is 21.6 Å². The van der Waals surface area contributed by atoms with Crippen LogP contribution >= 0.6 is 0 Å². The Morgan fingerprint density at radius 1 is 1.17 bits per heavy atom. The average molecular weight is 666 g/mol. The number of sulfone groups is 1. The molecule has 1 aliphatic rings. The normalized spacial score (nSPS) is 14.2. The summed E-state index contributed by atoms with van der Waals surface area (Å²) in [6.07, 6.45) is 2.97. The fourth-order valence-corrected chi connectivity index (χ4v) is 6.80. The van der Waals surface area contributed by atoms with E-state index >= 15 is 0 Å². The zero-order valence-corrected chi connectivity index (χ0v) is 27.4. The van der Waals surface area contributed by atoms with E-state index in [1.165, 1.54) is 34.6 Å². The number of benzene rings is 1. The SMILES string of the molecule is COCOc1c(C#N)cccc1-c1cc(S(=O)(=O)c2ccn(C)n2)n2ncc(C(=O)O)c(N3CCC(NC(=O)OC(C)(C)C)CC3)c12. The van der Waals surface area contributed by atoms with E-state index in [9.17, 15) is 28.4 Å². The lowest BCUT2D eigenvalue weighted by atomic mass is 9.99. The van der Waals surface area contributed by atoms with E-state index in [1.807, 2.05) is 4.90 Å². The number of fused-ring (bicyclic) bond motifs is 1. The molecule has 15 nitrogen and oxygen atoms in total. The van der Waals surface area contributed by atoms with Crippen LogP contribution in [0.3, 0.4) is 0 Å². The number of carbonyl (C=O) groups is 2. The third-order valence-corrected chi connectivity index (χ3v) is 9.08. The molecule has 4 aromatic rings. The Bertz CT molecular complexity index is 1980. The summed E-state index contributed by atoms with van der Waals surface area (Å²) in [6, 6.07) is 9.39. The minimum absolute atomic E-state index is 0.123. The van der Waals surface area contributed by atoms with E-state index < -0.39 is 27.5 Å². The number of hydrogen-bond acceptors (Lipinski definition) is 11. The van der Waals surface area contributed by atoms with Crippen LogP contribution in [-0.2, 0) is 26.4 Å². The van der Waals surface area contributed by atoms with E-state index in [1.54, 1.807) is 46.0 Å². The second-order valence-corrected chi connectivity index (χ2v) is 13.8. The van der Waals surface area contributed by atoms with E-state index in [0.29, 0.717) is 31.5 Å². The molecule has 0 radical (unpaired) electrons. The highest BCUT2D eigenvalue weighted by atomic mass is 32.2. The molecule has 1 fully saturated rings. The zero-order valence-electron chi connectivity index (χ0n) is 26.6. The van der Waals surface area contributed by atoms with Crippen LogP contribution in [-0.4, -0.2) is 83.6 Å². The van der Waals surface area contributed by atoms with Gasteiger partial charge >= 0.3 is 12.1 Å². The second kappa shape index (κ2) is 12.9. The molecular weight excluding hydrogens is 630 g/mol. The van der Waals surface area contributed by atoms with Gasteiger partial charge in [-0.05, 0) is 51.8 Å². The molecule has 1 saturated heterocycles. The minimum Gasteiger partial charge on any atom is -0.478 e. The summed E-state index contributed by atoms with van der Waals surface area (Å²) in [7, 11) is -1.28. The second-order valence-electron chi connectivity index (χ2n) is 12.0. The van der Waals surface area contributed by atoms with Gasteiger partial charge in [-0.3, -0.25) is 4.68 Å². The molecule has 16 heteroatoms. The molecule has 1 amide bonds. The summed E-state index contributed by atoms with van der Waals surface area (Å²) in [5, 5.41) is 31.0. The first-order valence-corrected chi connectivity index (χ1v) is 16.2. The van der Waals surface area contributed by atoms with Gasteiger partial charge in [0.1, 0.15) is 23.0 Å². The molecule has 4 heterocycles. The molecule has 1 aromatic carbocycles. The van der Waals surface area contributed by atoms with E-state index in [-0.39, 0.29) is 56.5 Å². The molecule has 248 valence electrons. The van der Waals surface area contributed by atoms with Gasteiger partial charge in [-0.2, -0.15) is 15.5 Å². The molecule has 0 bridgehead atoms. The summed E-state index contributed by atoms with van der Waals surface area (Å²) >= 11 is 0. The number of rotatable bonds is 9. The number of anilines is 1. The standard InChI is InChI=1S/C31H35N7O8S/c1-31(2,3)46-30(41)34-20-9-13-37(14-10-20)26-23(29(39)40)17-33-38-25(47(42,43)24-11-12-36(4)35-24)15-22(27(26)38)21-8-6-7-19(16-32)28(21)45-18-44-5/h6-8,11-12,15,17,20H,9-10,13-14,18H2,1-5H3,(H,34,41)(H,39,40). The van der Waals surface area contributed by atoms with Crippen molar-refractivity contribution in [3.63, 3.8) is 0 Å². The quantitative estimate of drug-likeness (QED) is 0.247. The predicted molar refractivity (Wildman–Crippen MR) is 168 cm³/mol. The number of methoxy groups -OCH3 is 1. The smallest absolute Gasteiger partial charge is 0.407 e. The Kier molecular flexibility index (Phi) is 9.14. The zero-order chi connectivity index (χ0) is 34.1. The van der Waals surface area contributed by atoms with Gasteiger partial charge < -0.3 is 29.5 Å². The van der Waals surface area contributed by atoms with E-state index in [4.69, 9.17) is 14.2 Å². The lowest BCUT2D eigenvalue weighted by Crippen LogP contribution is -2.46. The summed E-state index contributed by atoms with van der Waals surface area (Å²) in [5.41, 5.74) is 0.322. The number of nitrogens with one attached hydrogen (secondary N) is 1. The number of para-hydroxylation sites is 1. The maximum absolute atomic E-state index is 14.0. The number of aromatic nitrogens is 4. The average Bonchev–Trinajstić information content (AvgIpc) is 3.63. The Hall–Kier alpha value is -5.14. The first-order chi connectivity index (χ1) is 22.2. The third kappa shape index (κ3) is 6.71. The number of carbonyl (C=O) groups excluding carboxylic acids is 1.